The van der Waals surface area contributed by atoms with E-state index in [0.717, 1.165) is 54.6 Å². The van der Waals surface area contributed by atoms with Crippen molar-refractivity contribution in [2.75, 3.05) is 5.32 Å². The van der Waals surface area contributed by atoms with E-state index in [-0.39, 0.29) is 5.56 Å². The topological polar surface area (TPSA) is 63.5 Å². The van der Waals surface area contributed by atoms with Crippen molar-refractivity contribution in [3.05, 3.63) is 62.5 Å². The lowest BCUT2D eigenvalue weighted by Gasteiger charge is -2.11. The van der Waals surface area contributed by atoms with Gasteiger partial charge in [-0.1, -0.05) is 6.07 Å². The van der Waals surface area contributed by atoms with Crippen LogP contribution in [0.15, 0.2) is 29.2 Å². The second-order valence-electron chi connectivity index (χ2n) is 5.82. The number of rotatable bonds is 2. The van der Waals surface area contributed by atoms with E-state index in [1.807, 2.05) is 0 Å². The van der Waals surface area contributed by atoms with Crippen molar-refractivity contribution in [3.8, 4) is 0 Å². The first-order valence-corrected chi connectivity index (χ1v) is 8.65. The Bertz CT molecular complexity index is 1040. The normalized spacial score (nSPS) is 13.7. The van der Waals surface area contributed by atoms with Crippen molar-refractivity contribution in [1.29, 1.82) is 0 Å². The Morgan fingerprint density at radius 1 is 1.20 bits per heavy atom. The minimum atomic E-state index is -0.907. The molecule has 5 nitrogen and oxygen atoms in total. The predicted octanol–water partition coefficient (Wildman–Crippen LogP) is 3.17. The Balaban J connectivity index is 1.78. The summed E-state index contributed by atoms with van der Waals surface area (Å²) in [7, 11) is 0. The average molecular weight is 361 g/mol. The van der Waals surface area contributed by atoms with Crippen LogP contribution >= 0.6 is 11.3 Å². The fourth-order valence-electron chi connectivity index (χ4n) is 3.02. The largest absolute Gasteiger partial charge is 0.317 e. The summed E-state index contributed by atoms with van der Waals surface area (Å²) in [6.07, 6.45) is 4.85. The molecule has 0 aliphatic heterocycles. The first-order chi connectivity index (χ1) is 12.1. The lowest BCUT2D eigenvalue weighted by molar-refractivity contribution is 0.102. The molecule has 0 bridgehead atoms. The van der Waals surface area contributed by atoms with Gasteiger partial charge in [-0.25, -0.2) is 13.8 Å². The van der Waals surface area contributed by atoms with Crippen molar-refractivity contribution >= 4 is 27.9 Å². The van der Waals surface area contributed by atoms with E-state index in [1.165, 1.54) is 21.8 Å². The van der Waals surface area contributed by atoms with Gasteiger partial charge < -0.3 is 5.32 Å². The molecule has 4 rings (SSSR count). The lowest BCUT2D eigenvalue weighted by Crippen LogP contribution is -2.28. The van der Waals surface area contributed by atoms with E-state index in [2.05, 4.69) is 10.3 Å². The average Bonchev–Trinajstić information content (AvgIpc) is 2.97. The number of amides is 1. The number of benzene rings is 1. The molecular formula is C17H13F2N3O2S. The minimum Gasteiger partial charge on any atom is -0.317 e. The molecule has 1 aliphatic rings. The molecule has 1 aromatic carbocycles. The summed E-state index contributed by atoms with van der Waals surface area (Å²) in [5.74, 6) is -2.70. The maximum absolute atomic E-state index is 13.7. The standard InChI is InChI=1S/C17H13F2N3O2S/c18-10-4-3-5-11(19)14(10)21-15(23)9-8-20-17-22(16(9)24)12-6-1-2-7-13(12)25-17/h3-5,8H,1-2,6-7H2,(H,21,23). The van der Waals surface area contributed by atoms with Gasteiger partial charge in [0.25, 0.3) is 11.5 Å². The Labute approximate surface area is 145 Å². The van der Waals surface area contributed by atoms with Gasteiger partial charge in [0.1, 0.15) is 22.9 Å². The monoisotopic (exact) mass is 361 g/mol. The number of para-hydroxylation sites is 1. The van der Waals surface area contributed by atoms with E-state index in [1.54, 1.807) is 0 Å². The van der Waals surface area contributed by atoms with Gasteiger partial charge >= 0.3 is 0 Å². The van der Waals surface area contributed by atoms with Crippen molar-refractivity contribution < 1.29 is 13.6 Å². The van der Waals surface area contributed by atoms with Gasteiger partial charge in [0.2, 0.25) is 0 Å². The van der Waals surface area contributed by atoms with Crippen LogP contribution in [0.5, 0.6) is 0 Å². The molecule has 0 unspecified atom stereocenters. The summed E-state index contributed by atoms with van der Waals surface area (Å²) in [6.45, 7) is 0. The fourth-order valence-corrected chi connectivity index (χ4v) is 4.19. The van der Waals surface area contributed by atoms with Crippen LogP contribution in [0.4, 0.5) is 14.5 Å². The second kappa shape index (κ2) is 6.03. The molecule has 128 valence electrons. The van der Waals surface area contributed by atoms with Crippen molar-refractivity contribution in [1.82, 2.24) is 9.38 Å². The van der Waals surface area contributed by atoms with E-state index in [9.17, 15) is 18.4 Å². The van der Waals surface area contributed by atoms with Crippen LogP contribution in [-0.4, -0.2) is 15.3 Å². The van der Waals surface area contributed by atoms with Crippen molar-refractivity contribution in [3.63, 3.8) is 0 Å². The van der Waals surface area contributed by atoms with Gasteiger partial charge in [0, 0.05) is 16.8 Å². The van der Waals surface area contributed by atoms with Crippen molar-refractivity contribution in [2.24, 2.45) is 0 Å². The quantitative estimate of drug-likeness (QED) is 0.763. The van der Waals surface area contributed by atoms with Gasteiger partial charge in [0.05, 0.1) is 0 Å². The zero-order chi connectivity index (χ0) is 17.6. The Kier molecular flexibility index (Phi) is 3.84. The van der Waals surface area contributed by atoms with Crippen LogP contribution in [0.25, 0.3) is 4.96 Å². The third-order valence-corrected chi connectivity index (χ3v) is 5.41. The van der Waals surface area contributed by atoms with Crippen LogP contribution in [-0.2, 0) is 12.8 Å². The lowest BCUT2D eigenvalue weighted by atomic mass is 10.0. The molecule has 0 radical (unpaired) electrons. The highest BCUT2D eigenvalue weighted by Gasteiger charge is 2.22. The Morgan fingerprint density at radius 2 is 1.92 bits per heavy atom. The number of aryl methyl sites for hydroxylation is 2. The molecule has 0 saturated carbocycles. The van der Waals surface area contributed by atoms with Crippen LogP contribution in [0.1, 0.15) is 33.8 Å². The van der Waals surface area contributed by atoms with Crippen LogP contribution in [0.3, 0.4) is 0 Å². The summed E-state index contributed by atoms with van der Waals surface area (Å²) >= 11 is 1.44. The first-order valence-electron chi connectivity index (χ1n) is 7.84. The SMILES string of the molecule is O=C(Nc1c(F)cccc1F)c1cnc2sc3c(n2c1=O)CCCC3. The molecule has 2 heterocycles. The number of hydrogen-bond donors (Lipinski definition) is 1. The fraction of sp³-hybridized carbons (Fsp3) is 0.235. The van der Waals surface area contributed by atoms with E-state index < -0.39 is 28.8 Å². The predicted molar refractivity (Wildman–Crippen MR) is 90.3 cm³/mol. The van der Waals surface area contributed by atoms with Gasteiger partial charge in [-0.3, -0.25) is 14.0 Å². The summed E-state index contributed by atoms with van der Waals surface area (Å²) in [5.41, 5.74) is -0.454. The zero-order valence-corrected chi connectivity index (χ0v) is 13.8. The number of anilines is 1. The molecule has 0 spiro atoms. The van der Waals surface area contributed by atoms with Gasteiger partial charge in [-0.05, 0) is 37.8 Å². The number of halogens is 2. The van der Waals surface area contributed by atoms with E-state index in [4.69, 9.17) is 0 Å². The third-order valence-electron chi connectivity index (χ3n) is 4.25. The maximum Gasteiger partial charge on any atom is 0.271 e. The molecule has 0 atom stereocenters. The minimum absolute atomic E-state index is 0.244. The molecule has 1 N–H and O–H groups in total. The van der Waals surface area contributed by atoms with Crippen LogP contribution in [0, 0.1) is 11.6 Å². The summed E-state index contributed by atoms with van der Waals surface area (Å²) in [4.78, 5) is 30.9. The molecule has 1 amide bonds. The van der Waals surface area contributed by atoms with Gasteiger partial charge in [-0.2, -0.15) is 0 Å². The van der Waals surface area contributed by atoms with Crippen LogP contribution in [0.2, 0.25) is 0 Å². The second-order valence-corrected chi connectivity index (χ2v) is 6.89. The Hall–Kier alpha value is -2.61. The zero-order valence-electron chi connectivity index (χ0n) is 13.0. The number of aromatic nitrogens is 2. The molecular weight excluding hydrogens is 348 g/mol. The molecule has 0 saturated heterocycles. The van der Waals surface area contributed by atoms with Gasteiger partial charge in [-0.15, -0.1) is 11.3 Å². The molecule has 3 aromatic rings. The smallest absolute Gasteiger partial charge is 0.271 e. The number of hydrogen-bond acceptors (Lipinski definition) is 4. The summed E-state index contributed by atoms with van der Waals surface area (Å²) in [6, 6.07) is 3.25. The third kappa shape index (κ3) is 2.62. The number of nitrogens with zero attached hydrogens (tertiary/aromatic N) is 2. The van der Waals surface area contributed by atoms with Crippen LogP contribution < -0.4 is 10.9 Å². The van der Waals surface area contributed by atoms with Crippen molar-refractivity contribution in [2.45, 2.75) is 25.7 Å². The van der Waals surface area contributed by atoms with E-state index in [0.29, 0.717) is 4.96 Å². The summed E-state index contributed by atoms with van der Waals surface area (Å²) in [5, 5.41) is 2.13. The number of carbonyl (C=O) groups is 1. The Morgan fingerprint density at radius 3 is 2.68 bits per heavy atom. The molecule has 25 heavy (non-hydrogen) atoms. The van der Waals surface area contributed by atoms with Gasteiger partial charge in [0.15, 0.2) is 4.96 Å². The number of carbonyl (C=O) groups excluding carboxylic acids is 1. The summed E-state index contributed by atoms with van der Waals surface area (Å²) < 4.78 is 28.9. The van der Waals surface area contributed by atoms with E-state index >= 15 is 0 Å². The highest BCUT2D eigenvalue weighted by Crippen LogP contribution is 2.28. The maximum atomic E-state index is 13.7. The highest BCUT2D eigenvalue weighted by molar-refractivity contribution is 7.17. The molecule has 1 aliphatic carbocycles. The first kappa shape index (κ1) is 15.9. The highest BCUT2D eigenvalue weighted by atomic mass is 32.1. The molecule has 8 heteroatoms. The molecule has 0 fully saturated rings. The molecule has 2 aromatic heterocycles. The number of fused-ring (bicyclic) bond motifs is 3. The number of nitrogens with one attached hydrogen (secondary N) is 1. The number of thiazole rings is 1.